The SMILES string of the molecule is COc1cc(OCc2cccnc2C)cc(-c2cccc(S(C)(=O)=O)c2)c1. The second-order valence-corrected chi connectivity index (χ2v) is 8.25. The van der Waals surface area contributed by atoms with Crippen LogP contribution in [0.25, 0.3) is 11.1 Å². The molecule has 1 aromatic heterocycles. The Bertz CT molecular complexity index is 1060. The summed E-state index contributed by atoms with van der Waals surface area (Å²) in [7, 11) is -1.70. The Morgan fingerprint density at radius 3 is 2.44 bits per heavy atom. The first-order valence-corrected chi connectivity index (χ1v) is 10.3. The van der Waals surface area contributed by atoms with Crippen molar-refractivity contribution in [3.8, 4) is 22.6 Å². The van der Waals surface area contributed by atoms with Gasteiger partial charge in [-0.3, -0.25) is 4.98 Å². The van der Waals surface area contributed by atoms with E-state index in [1.165, 1.54) is 6.26 Å². The average molecular weight is 383 g/mol. The van der Waals surface area contributed by atoms with E-state index < -0.39 is 9.84 Å². The van der Waals surface area contributed by atoms with E-state index in [4.69, 9.17) is 9.47 Å². The summed E-state index contributed by atoms with van der Waals surface area (Å²) in [6.07, 6.45) is 2.94. The third-order valence-electron chi connectivity index (χ3n) is 4.22. The van der Waals surface area contributed by atoms with Crippen molar-refractivity contribution < 1.29 is 17.9 Å². The molecule has 27 heavy (non-hydrogen) atoms. The van der Waals surface area contributed by atoms with Crippen LogP contribution in [0.2, 0.25) is 0 Å². The van der Waals surface area contributed by atoms with Crippen LogP contribution < -0.4 is 9.47 Å². The molecule has 140 valence electrons. The van der Waals surface area contributed by atoms with Gasteiger partial charge in [-0.2, -0.15) is 0 Å². The van der Waals surface area contributed by atoms with Gasteiger partial charge < -0.3 is 9.47 Å². The molecule has 1 heterocycles. The fraction of sp³-hybridized carbons (Fsp3) is 0.190. The molecule has 0 N–H and O–H groups in total. The lowest BCUT2D eigenvalue weighted by atomic mass is 10.1. The number of aryl methyl sites for hydroxylation is 1. The van der Waals surface area contributed by atoms with Gasteiger partial charge >= 0.3 is 0 Å². The van der Waals surface area contributed by atoms with Gasteiger partial charge in [0.25, 0.3) is 0 Å². The van der Waals surface area contributed by atoms with Crippen LogP contribution in [-0.4, -0.2) is 26.8 Å². The summed E-state index contributed by atoms with van der Waals surface area (Å²) in [4.78, 5) is 4.54. The molecule has 5 nitrogen and oxygen atoms in total. The first kappa shape index (κ1) is 18.9. The standard InChI is InChI=1S/C21H21NO4S/c1-15-17(7-5-9-22-15)14-26-20-11-18(10-19(13-20)25-2)16-6-4-8-21(12-16)27(3,23)24/h4-13H,14H2,1-3H3. The third kappa shape index (κ3) is 4.65. The molecule has 0 aliphatic heterocycles. The zero-order chi connectivity index (χ0) is 19.4. The van der Waals surface area contributed by atoms with Crippen LogP contribution in [0.3, 0.4) is 0 Å². The second-order valence-electron chi connectivity index (χ2n) is 6.23. The molecule has 0 bridgehead atoms. The Hall–Kier alpha value is -2.86. The summed E-state index contributed by atoms with van der Waals surface area (Å²) in [5.74, 6) is 1.27. The van der Waals surface area contributed by atoms with Crippen LogP contribution in [0.4, 0.5) is 0 Å². The molecule has 0 unspecified atom stereocenters. The highest BCUT2D eigenvalue weighted by Gasteiger charge is 2.11. The van der Waals surface area contributed by atoms with Gasteiger partial charge in [0, 0.05) is 29.8 Å². The number of hydrogen-bond acceptors (Lipinski definition) is 5. The van der Waals surface area contributed by atoms with Gasteiger partial charge in [0.05, 0.1) is 12.0 Å². The smallest absolute Gasteiger partial charge is 0.175 e. The van der Waals surface area contributed by atoms with E-state index in [1.54, 1.807) is 37.6 Å². The average Bonchev–Trinajstić information content (AvgIpc) is 2.66. The lowest BCUT2D eigenvalue weighted by Gasteiger charge is -2.12. The zero-order valence-corrected chi connectivity index (χ0v) is 16.3. The van der Waals surface area contributed by atoms with E-state index in [0.717, 1.165) is 22.4 Å². The summed E-state index contributed by atoms with van der Waals surface area (Å²) in [5.41, 5.74) is 3.51. The number of sulfone groups is 1. The quantitative estimate of drug-likeness (QED) is 0.642. The molecular weight excluding hydrogens is 362 g/mol. The van der Waals surface area contributed by atoms with Crippen molar-refractivity contribution in [2.75, 3.05) is 13.4 Å². The summed E-state index contributed by atoms with van der Waals surface area (Å²) < 4.78 is 35.0. The number of methoxy groups -OCH3 is 1. The molecule has 0 radical (unpaired) electrons. The van der Waals surface area contributed by atoms with Gasteiger partial charge in [0.1, 0.15) is 18.1 Å². The Balaban J connectivity index is 1.93. The highest BCUT2D eigenvalue weighted by atomic mass is 32.2. The van der Waals surface area contributed by atoms with Crippen molar-refractivity contribution in [3.63, 3.8) is 0 Å². The molecule has 6 heteroatoms. The molecule has 0 fully saturated rings. The number of pyridine rings is 1. The minimum absolute atomic E-state index is 0.274. The van der Waals surface area contributed by atoms with Crippen LogP contribution >= 0.6 is 0 Å². The third-order valence-corrected chi connectivity index (χ3v) is 5.33. The van der Waals surface area contributed by atoms with Crippen molar-refractivity contribution >= 4 is 9.84 Å². The normalized spacial score (nSPS) is 11.2. The molecule has 0 aliphatic rings. The Morgan fingerprint density at radius 1 is 0.963 bits per heavy atom. The van der Waals surface area contributed by atoms with Crippen LogP contribution in [0.1, 0.15) is 11.3 Å². The first-order chi connectivity index (χ1) is 12.9. The fourth-order valence-corrected chi connectivity index (χ4v) is 3.34. The summed E-state index contributed by atoms with van der Waals surface area (Å²) in [6, 6.07) is 16.2. The summed E-state index contributed by atoms with van der Waals surface area (Å²) in [6.45, 7) is 2.32. The van der Waals surface area contributed by atoms with Gasteiger partial charge in [-0.25, -0.2) is 8.42 Å². The molecule has 0 spiro atoms. The Labute approximate surface area is 159 Å². The predicted molar refractivity (Wildman–Crippen MR) is 105 cm³/mol. The molecular formula is C21H21NO4S. The lowest BCUT2D eigenvalue weighted by Crippen LogP contribution is -2.00. The van der Waals surface area contributed by atoms with E-state index in [1.807, 2.05) is 37.3 Å². The minimum atomic E-state index is -3.28. The van der Waals surface area contributed by atoms with Gasteiger partial charge in [-0.15, -0.1) is 0 Å². The van der Waals surface area contributed by atoms with E-state index in [9.17, 15) is 8.42 Å². The second kappa shape index (κ2) is 7.80. The van der Waals surface area contributed by atoms with Crippen LogP contribution in [0, 0.1) is 6.92 Å². The van der Waals surface area contributed by atoms with Crippen molar-refractivity contribution in [1.29, 1.82) is 0 Å². The first-order valence-electron chi connectivity index (χ1n) is 8.39. The maximum atomic E-state index is 11.8. The molecule has 0 aliphatic carbocycles. The zero-order valence-electron chi connectivity index (χ0n) is 15.5. The van der Waals surface area contributed by atoms with Crippen molar-refractivity contribution in [3.05, 3.63) is 72.1 Å². The number of ether oxygens (including phenoxy) is 2. The molecule has 0 saturated heterocycles. The summed E-state index contributed by atoms with van der Waals surface area (Å²) >= 11 is 0. The molecule has 2 aromatic carbocycles. The number of nitrogens with zero attached hydrogens (tertiary/aromatic N) is 1. The topological polar surface area (TPSA) is 65.5 Å². The van der Waals surface area contributed by atoms with Crippen molar-refractivity contribution in [1.82, 2.24) is 4.98 Å². The summed E-state index contributed by atoms with van der Waals surface area (Å²) in [5, 5.41) is 0. The Kier molecular flexibility index (Phi) is 5.46. The highest BCUT2D eigenvalue weighted by molar-refractivity contribution is 7.90. The Morgan fingerprint density at radius 2 is 1.74 bits per heavy atom. The van der Waals surface area contributed by atoms with Crippen molar-refractivity contribution in [2.24, 2.45) is 0 Å². The maximum Gasteiger partial charge on any atom is 0.175 e. The van der Waals surface area contributed by atoms with E-state index >= 15 is 0 Å². The fourth-order valence-electron chi connectivity index (χ4n) is 2.68. The number of benzene rings is 2. The number of rotatable bonds is 6. The van der Waals surface area contributed by atoms with E-state index in [2.05, 4.69) is 4.98 Å². The van der Waals surface area contributed by atoms with Crippen molar-refractivity contribution in [2.45, 2.75) is 18.4 Å². The molecule has 0 amide bonds. The minimum Gasteiger partial charge on any atom is -0.497 e. The largest absolute Gasteiger partial charge is 0.497 e. The van der Waals surface area contributed by atoms with Gasteiger partial charge in [-0.05, 0) is 48.4 Å². The van der Waals surface area contributed by atoms with Gasteiger partial charge in [0.2, 0.25) is 0 Å². The van der Waals surface area contributed by atoms with Gasteiger partial charge in [-0.1, -0.05) is 18.2 Å². The number of aromatic nitrogens is 1. The van der Waals surface area contributed by atoms with Crippen LogP contribution in [0.15, 0.2) is 65.7 Å². The van der Waals surface area contributed by atoms with Crippen LogP contribution in [0.5, 0.6) is 11.5 Å². The molecule has 3 aromatic rings. The molecule has 0 saturated carbocycles. The van der Waals surface area contributed by atoms with Crippen LogP contribution in [-0.2, 0) is 16.4 Å². The number of hydrogen-bond donors (Lipinski definition) is 0. The maximum absolute atomic E-state index is 11.8. The molecule has 0 atom stereocenters. The van der Waals surface area contributed by atoms with E-state index in [-0.39, 0.29) is 4.90 Å². The predicted octanol–water partition coefficient (Wildman–Crippen LogP) is 4.05. The van der Waals surface area contributed by atoms with Gasteiger partial charge in [0.15, 0.2) is 9.84 Å². The molecule has 3 rings (SSSR count). The monoisotopic (exact) mass is 383 g/mol. The highest BCUT2D eigenvalue weighted by Crippen LogP contribution is 2.31. The lowest BCUT2D eigenvalue weighted by molar-refractivity contribution is 0.302. The van der Waals surface area contributed by atoms with E-state index in [0.29, 0.717) is 18.1 Å².